The molecular formula is C13H22O. The third-order valence-corrected chi connectivity index (χ3v) is 3.90. The summed E-state index contributed by atoms with van der Waals surface area (Å²) in [6.45, 7) is 13.1. The lowest BCUT2D eigenvalue weighted by molar-refractivity contribution is -0.103. The zero-order valence-electron chi connectivity index (χ0n) is 10.3. The Kier molecular flexibility index (Phi) is 4.39. The van der Waals surface area contributed by atoms with Gasteiger partial charge in [-0.25, -0.2) is 0 Å². The Morgan fingerprint density at radius 1 is 1.29 bits per heavy atom. The highest BCUT2D eigenvalue weighted by atomic mass is 16.1. The zero-order valence-corrected chi connectivity index (χ0v) is 10.3. The Bertz CT molecular complexity index is 250. The Morgan fingerprint density at radius 2 is 1.79 bits per heavy atom. The molecule has 0 aliphatic carbocycles. The van der Waals surface area contributed by atoms with Crippen molar-refractivity contribution >= 4 is 6.29 Å². The molecule has 14 heavy (non-hydrogen) atoms. The fourth-order valence-corrected chi connectivity index (χ4v) is 1.50. The van der Waals surface area contributed by atoms with Gasteiger partial charge in [0.1, 0.15) is 0 Å². The van der Waals surface area contributed by atoms with E-state index in [0.29, 0.717) is 12.2 Å². The van der Waals surface area contributed by atoms with Crippen LogP contribution in [0.25, 0.3) is 0 Å². The van der Waals surface area contributed by atoms with Crippen molar-refractivity contribution in [1.82, 2.24) is 0 Å². The van der Waals surface area contributed by atoms with E-state index in [1.165, 1.54) is 0 Å². The quantitative estimate of drug-likeness (QED) is 0.497. The van der Waals surface area contributed by atoms with Crippen LogP contribution in [0.1, 0.15) is 48.0 Å². The van der Waals surface area contributed by atoms with Crippen molar-refractivity contribution in [2.75, 3.05) is 0 Å². The highest BCUT2D eigenvalue weighted by Gasteiger charge is 2.39. The number of aldehydes is 1. The SMILES string of the molecule is CCC(C)C(C)(C)C(C)(C)C#CC=O. The molecule has 1 unspecified atom stereocenters. The van der Waals surface area contributed by atoms with E-state index >= 15 is 0 Å². The summed E-state index contributed by atoms with van der Waals surface area (Å²) in [4.78, 5) is 10.2. The van der Waals surface area contributed by atoms with Gasteiger partial charge in [-0.15, -0.1) is 0 Å². The molecule has 1 nitrogen and oxygen atoms in total. The molecule has 0 N–H and O–H groups in total. The molecule has 1 heteroatoms. The van der Waals surface area contributed by atoms with Gasteiger partial charge in [-0.2, -0.15) is 0 Å². The molecule has 0 aliphatic rings. The van der Waals surface area contributed by atoms with E-state index in [-0.39, 0.29) is 10.8 Å². The average Bonchev–Trinajstić information content (AvgIpc) is 2.13. The van der Waals surface area contributed by atoms with E-state index < -0.39 is 0 Å². The second kappa shape index (κ2) is 4.64. The molecule has 0 fully saturated rings. The maximum absolute atomic E-state index is 10.2. The smallest absolute Gasteiger partial charge is 0.192 e. The number of hydrogen-bond acceptors (Lipinski definition) is 1. The molecule has 0 aromatic carbocycles. The van der Waals surface area contributed by atoms with E-state index in [9.17, 15) is 4.79 Å². The minimum absolute atomic E-state index is 0.122. The van der Waals surface area contributed by atoms with Crippen LogP contribution in [-0.4, -0.2) is 6.29 Å². The third-order valence-electron chi connectivity index (χ3n) is 3.90. The number of carbonyl (C=O) groups excluding carboxylic acids is 1. The highest BCUT2D eigenvalue weighted by Crippen LogP contribution is 2.45. The summed E-state index contributed by atoms with van der Waals surface area (Å²) in [5.74, 6) is 6.18. The normalized spacial score (nSPS) is 14.1. The molecule has 0 rings (SSSR count). The fourth-order valence-electron chi connectivity index (χ4n) is 1.50. The summed E-state index contributed by atoms with van der Waals surface area (Å²) < 4.78 is 0. The Morgan fingerprint density at radius 3 is 2.14 bits per heavy atom. The Labute approximate surface area is 88.3 Å². The molecule has 0 heterocycles. The van der Waals surface area contributed by atoms with Gasteiger partial charge in [-0.05, 0) is 31.1 Å². The molecule has 0 spiro atoms. The Hall–Kier alpha value is -0.770. The maximum atomic E-state index is 10.2. The van der Waals surface area contributed by atoms with Crippen LogP contribution in [0.3, 0.4) is 0 Å². The second-order valence-electron chi connectivity index (χ2n) is 5.04. The molecule has 0 aromatic rings. The van der Waals surface area contributed by atoms with Gasteiger partial charge in [0, 0.05) is 5.41 Å². The van der Waals surface area contributed by atoms with Crippen molar-refractivity contribution in [3.8, 4) is 11.8 Å². The van der Waals surface area contributed by atoms with E-state index in [4.69, 9.17) is 0 Å². The minimum atomic E-state index is -0.122. The number of carbonyl (C=O) groups is 1. The zero-order chi connectivity index (χ0) is 11.4. The molecule has 0 radical (unpaired) electrons. The average molecular weight is 194 g/mol. The lowest BCUT2D eigenvalue weighted by Crippen LogP contribution is -2.36. The van der Waals surface area contributed by atoms with Crippen LogP contribution in [0, 0.1) is 28.6 Å². The Balaban J connectivity index is 4.95. The molecule has 0 bridgehead atoms. The fraction of sp³-hybridized carbons (Fsp3) is 0.769. The van der Waals surface area contributed by atoms with E-state index in [2.05, 4.69) is 53.4 Å². The van der Waals surface area contributed by atoms with Gasteiger partial charge < -0.3 is 0 Å². The van der Waals surface area contributed by atoms with Crippen LogP contribution in [0.15, 0.2) is 0 Å². The summed E-state index contributed by atoms with van der Waals surface area (Å²) in [5.41, 5.74) is 0.00109. The molecule has 1 atom stereocenters. The summed E-state index contributed by atoms with van der Waals surface area (Å²) >= 11 is 0. The highest BCUT2D eigenvalue weighted by molar-refractivity contribution is 5.72. The van der Waals surface area contributed by atoms with E-state index in [0.717, 1.165) is 6.42 Å². The van der Waals surface area contributed by atoms with Gasteiger partial charge in [-0.3, -0.25) is 4.79 Å². The van der Waals surface area contributed by atoms with Gasteiger partial charge in [0.25, 0.3) is 0 Å². The summed E-state index contributed by atoms with van der Waals surface area (Å²) in [6, 6.07) is 0. The first-order valence-electron chi connectivity index (χ1n) is 5.26. The molecular weight excluding hydrogens is 172 g/mol. The van der Waals surface area contributed by atoms with Crippen molar-refractivity contribution in [3.63, 3.8) is 0 Å². The summed E-state index contributed by atoms with van der Waals surface area (Å²) in [5, 5.41) is 0. The van der Waals surface area contributed by atoms with Gasteiger partial charge in [0.2, 0.25) is 0 Å². The van der Waals surface area contributed by atoms with Crippen LogP contribution in [0.4, 0.5) is 0 Å². The van der Waals surface area contributed by atoms with Crippen LogP contribution in [-0.2, 0) is 4.79 Å². The number of rotatable bonds is 3. The van der Waals surface area contributed by atoms with Gasteiger partial charge >= 0.3 is 0 Å². The van der Waals surface area contributed by atoms with Crippen LogP contribution < -0.4 is 0 Å². The molecule has 0 amide bonds. The minimum Gasteiger partial charge on any atom is -0.289 e. The third kappa shape index (κ3) is 2.61. The predicted molar refractivity (Wildman–Crippen MR) is 60.9 cm³/mol. The van der Waals surface area contributed by atoms with Crippen molar-refractivity contribution < 1.29 is 4.79 Å². The van der Waals surface area contributed by atoms with E-state index in [1.54, 1.807) is 0 Å². The standard InChI is InChI=1S/C13H22O/c1-7-11(2)13(5,6)12(3,4)9-8-10-14/h10-11H,7H2,1-6H3. The van der Waals surface area contributed by atoms with Crippen LogP contribution >= 0.6 is 0 Å². The largest absolute Gasteiger partial charge is 0.289 e. The van der Waals surface area contributed by atoms with Crippen LogP contribution in [0.2, 0.25) is 0 Å². The van der Waals surface area contributed by atoms with Gasteiger partial charge in [0.15, 0.2) is 6.29 Å². The predicted octanol–water partition coefficient (Wildman–Crippen LogP) is 3.29. The van der Waals surface area contributed by atoms with Crippen molar-refractivity contribution in [1.29, 1.82) is 0 Å². The first-order chi connectivity index (χ1) is 6.29. The molecule has 0 aliphatic heterocycles. The van der Waals surface area contributed by atoms with Gasteiger partial charge in [0.05, 0.1) is 0 Å². The second-order valence-corrected chi connectivity index (χ2v) is 5.04. The topological polar surface area (TPSA) is 17.1 Å². The van der Waals surface area contributed by atoms with Crippen molar-refractivity contribution in [3.05, 3.63) is 0 Å². The molecule has 0 aromatic heterocycles. The van der Waals surface area contributed by atoms with E-state index in [1.807, 2.05) is 0 Å². The molecule has 0 saturated carbocycles. The monoisotopic (exact) mass is 194 g/mol. The maximum Gasteiger partial charge on any atom is 0.192 e. The number of hydrogen-bond donors (Lipinski definition) is 0. The lowest BCUT2D eigenvalue weighted by atomic mass is 9.61. The first-order valence-corrected chi connectivity index (χ1v) is 5.26. The lowest BCUT2D eigenvalue weighted by Gasteiger charge is -2.42. The van der Waals surface area contributed by atoms with Gasteiger partial charge in [-0.1, -0.05) is 40.0 Å². The molecule has 80 valence electrons. The summed E-state index contributed by atoms with van der Waals surface area (Å²) in [7, 11) is 0. The molecule has 0 saturated heterocycles. The summed E-state index contributed by atoms with van der Waals surface area (Å²) in [6.07, 6.45) is 1.81. The first kappa shape index (κ1) is 13.2. The van der Waals surface area contributed by atoms with Crippen molar-refractivity contribution in [2.24, 2.45) is 16.7 Å². The van der Waals surface area contributed by atoms with Crippen molar-refractivity contribution in [2.45, 2.75) is 48.0 Å². The van der Waals surface area contributed by atoms with Crippen LogP contribution in [0.5, 0.6) is 0 Å².